The van der Waals surface area contributed by atoms with Crippen molar-refractivity contribution in [1.29, 1.82) is 0 Å². The van der Waals surface area contributed by atoms with Gasteiger partial charge in [0.05, 0.1) is 31.7 Å². The van der Waals surface area contributed by atoms with E-state index in [4.69, 9.17) is 14.2 Å². The topological polar surface area (TPSA) is 74.6 Å². The van der Waals surface area contributed by atoms with Gasteiger partial charge in [0.1, 0.15) is 17.9 Å². The molecule has 1 atom stereocenters. The lowest BCUT2D eigenvalue weighted by Gasteiger charge is -2.24. The molecular formula is C23H25N3O4. The van der Waals surface area contributed by atoms with E-state index in [9.17, 15) is 4.79 Å². The van der Waals surface area contributed by atoms with E-state index in [0.29, 0.717) is 23.7 Å². The van der Waals surface area contributed by atoms with E-state index in [1.54, 1.807) is 20.5 Å². The highest BCUT2D eigenvalue weighted by Crippen LogP contribution is 2.40. The van der Waals surface area contributed by atoms with Crippen molar-refractivity contribution in [3.05, 3.63) is 60.0 Å². The van der Waals surface area contributed by atoms with Crippen LogP contribution < -0.4 is 19.5 Å². The summed E-state index contributed by atoms with van der Waals surface area (Å²) in [5.74, 6) is 2.49. The standard InChI is InChI=1S/C23H25N3O4/c1-14(2)30-20-10-15(8-9-19(20)29-4)18-12-21(27)25-23-22(18)24-13-26(23)16-6-5-7-17(11-16)28-3/h5-11,13-14,18H,12H2,1-4H3,(H,25,27). The van der Waals surface area contributed by atoms with E-state index in [1.807, 2.05) is 60.9 Å². The second-order valence-electron chi connectivity index (χ2n) is 7.43. The molecule has 1 aliphatic rings. The Kier molecular flexibility index (Phi) is 5.35. The van der Waals surface area contributed by atoms with E-state index < -0.39 is 0 Å². The molecule has 0 fully saturated rings. The van der Waals surface area contributed by atoms with Gasteiger partial charge in [-0.2, -0.15) is 0 Å². The number of nitrogens with one attached hydrogen (secondary N) is 1. The first-order chi connectivity index (χ1) is 14.5. The quantitative estimate of drug-likeness (QED) is 0.664. The summed E-state index contributed by atoms with van der Waals surface area (Å²) in [6.45, 7) is 3.93. The van der Waals surface area contributed by atoms with E-state index >= 15 is 0 Å². The predicted molar refractivity (Wildman–Crippen MR) is 114 cm³/mol. The molecule has 0 saturated heterocycles. The zero-order valence-electron chi connectivity index (χ0n) is 17.5. The number of carbonyl (C=O) groups excluding carboxylic acids is 1. The molecule has 2 heterocycles. The average molecular weight is 407 g/mol. The summed E-state index contributed by atoms with van der Waals surface area (Å²) in [6, 6.07) is 13.4. The van der Waals surface area contributed by atoms with Crippen LogP contribution in [0.15, 0.2) is 48.8 Å². The highest BCUT2D eigenvalue weighted by atomic mass is 16.5. The van der Waals surface area contributed by atoms with Crippen molar-refractivity contribution in [3.63, 3.8) is 0 Å². The Morgan fingerprint density at radius 1 is 1.10 bits per heavy atom. The predicted octanol–water partition coefficient (Wildman–Crippen LogP) is 4.15. The maximum atomic E-state index is 12.6. The molecule has 0 radical (unpaired) electrons. The van der Waals surface area contributed by atoms with E-state index in [0.717, 1.165) is 22.7 Å². The van der Waals surface area contributed by atoms with Gasteiger partial charge in [-0.05, 0) is 43.7 Å². The zero-order chi connectivity index (χ0) is 21.3. The molecule has 0 saturated carbocycles. The fourth-order valence-electron chi connectivity index (χ4n) is 3.69. The minimum Gasteiger partial charge on any atom is -0.497 e. The van der Waals surface area contributed by atoms with Gasteiger partial charge in [-0.15, -0.1) is 0 Å². The molecule has 1 N–H and O–H groups in total. The maximum absolute atomic E-state index is 12.6. The van der Waals surface area contributed by atoms with Crippen molar-refractivity contribution in [1.82, 2.24) is 9.55 Å². The van der Waals surface area contributed by atoms with Crippen LogP contribution in [0.1, 0.15) is 37.4 Å². The minimum atomic E-state index is -0.180. The number of hydrogen-bond donors (Lipinski definition) is 1. The van der Waals surface area contributed by atoms with Crippen LogP contribution in [0.4, 0.5) is 5.82 Å². The summed E-state index contributed by atoms with van der Waals surface area (Å²) in [5, 5.41) is 2.98. The van der Waals surface area contributed by atoms with Gasteiger partial charge in [0.15, 0.2) is 11.5 Å². The van der Waals surface area contributed by atoms with E-state index in [2.05, 4.69) is 10.3 Å². The number of hydrogen-bond acceptors (Lipinski definition) is 5. The normalized spacial score (nSPS) is 15.5. The molecule has 0 bridgehead atoms. The van der Waals surface area contributed by atoms with Gasteiger partial charge >= 0.3 is 0 Å². The number of amides is 1. The van der Waals surface area contributed by atoms with E-state index in [1.165, 1.54) is 0 Å². The number of benzene rings is 2. The monoisotopic (exact) mass is 407 g/mol. The van der Waals surface area contributed by atoms with Gasteiger partial charge in [-0.1, -0.05) is 12.1 Å². The number of nitrogens with zero attached hydrogens (tertiary/aromatic N) is 2. The average Bonchev–Trinajstić information content (AvgIpc) is 3.16. The number of rotatable bonds is 6. The number of aromatic nitrogens is 2. The summed E-state index contributed by atoms with van der Waals surface area (Å²) in [4.78, 5) is 17.2. The lowest BCUT2D eigenvalue weighted by atomic mass is 9.89. The Labute approximate surface area is 175 Å². The molecule has 7 nitrogen and oxygen atoms in total. The Morgan fingerprint density at radius 2 is 1.93 bits per heavy atom. The molecule has 0 aliphatic carbocycles. The molecule has 1 amide bonds. The molecule has 1 aromatic heterocycles. The Balaban J connectivity index is 1.76. The van der Waals surface area contributed by atoms with Crippen molar-refractivity contribution >= 4 is 11.7 Å². The molecule has 1 unspecified atom stereocenters. The molecule has 30 heavy (non-hydrogen) atoms. The third-order valence-electron chi connectivity index (χ3n) is 5.06. The van der Waals surface area contributed by atoms with Crippen LogP contribution in [0.3, 0.4) is 0 Å². The van der Waals surface area contributed by atoms with Crippen LogP contribution in [0.5, 0.6) is 17.2 Å². The number of carbonyl (C=O) groups is 1. The maximum Gasteiger partial charge on any atom is 0.226 e. The van der Waals surface area contributed by atoms with Crippen LogP contribution in [0.2, 0.25) is 0 Å². The second-order valence-corrected chi connectivity index (χ2v) is 7.43. The fourth-order valence-corrected chi connectivity index (χ4v) is 3.69. The first kappa shape index (κ1) is 19.8. The van der Waals surface area contributed by atoms with Crippen LogP contribution in [-0.4, -0.2) is 35.8 Å². The van der Waals surface area contributed by atoms with Crippen molar-refractivity contribution < 1.29 is 19.0 Å². The smallest absolute Gasteiger partial charge is 0.226 e. The minimum absolute atomic E-state index is 0.00614. The summed E-state index contributed by atoms with van der Waals surface area (Å²) in [5.41, 5.74) is 2.64. The lowest BCUT2D eigenvalue weighted by Crippen LogP contribution is -2.25. The van der Waals surface area contributed by atoms with Crippen molar-refractivity contribution in [2.75, 3.05) is 19.5 Å². The third-order valence-corrected chi connectivity index (χ3v) is 5.06. The highest BCUT2D eigenvalue weighted by molar-refractivity contribution is 5.94. The fraction of sp³-hybridized carbons (Fsp3) is 0.304. The number of anilines is 1. The van der Waals surface area contributed by atoms with Gasteiger partial charge in [0.25, 0.3) is 0 Å². The van der Waals surface area contributed by atoms with Gasteiger partial charge in [0, 0.05) is 18.4 Å². The molecule has 2 aromatic carbocycles. The van der Waals surface area contributed by atoms with Gasteiger partial charge in [0.2, 0.25) is 5.91 Å². The first-order valence-corrected chi connectivity index (χ1v) is 9.86. The Hall–Kier alpha value is -3.48. The molecule has 3 aromatic rings. The van der Waals surface area contributed by atoms with Crippen LogP contribution in [0.25, 0.3) is 5.69 Å². The van der Waals surface area contributed by atoms with Crippen molar-refractivity contribution in [2.45, 2.75) is 32.3 Å². The summed E-state index contributed by atoms with van der Waals surface area (Å²) < 4.78 is 18.5. The molecule has 4 rings (SSSR count). The molecule has 1 aliphatic heterocycles. The summed E-state index contributed by atoms with van der Waals surface area (Å²) in [6.07, 6.45) is 2.05. The molecule has 156 valence electrons. The largest absolute Gasteiger partial charge is 0.497 e. The highest BCUT2D eigenvalue weighted by Gasteiger charge is 2.31. The van der Waals surface area contributed by atoms with E-state index in [-0.39, 0.29) is 17.9 Å². The SMILES string of the molecule is COc1cccc(-n2cnc3c2NC(=O)CC3c2ccc(OC)c(OC(C)C)c2)c1. The Morgan fingerprint density at radius 3 is 2.67 bits per heavy atom. The number of methoxy groups -OCH3 is 2. The van der Waals surface area contributed by atoms with Crippen LogP contribution in [0, 0.1) is 0 Å². The van der Waals surface area contributed by atoms with Crippen molar-refractivity contribution in [2.24, 2.45) is 0 Å². The number of ether oxygens (including phenoxy) is 3. The van der Waals surface area contributed by atoms with Gasteiger partial charge in [-0.25, -0.2) is 4.98 Å². The summed E-state index contributed by atoms with van der Waals surface area (Å²) >= 11 is 0. The van der Waals surface area contributed by atoms with Gasteiger partial charge < -0.3 is 19.5 Å². The molecule has 0 spiro atoms. The van der Waals surface area contributed by atoms with Crippen LogP contribution >= 0.6 is 0 Å². The van der Waals surface area contributed by atoms with Gasteiger partial charge in [-0.3, -0.25) is 9.36 Å². The number of fused-ring (bicyclic) bond motifs is 1. The molecular weight excluding hydrogens is 382 g/mol. The Bertz CT molecular complexity index is 1070. The lowest BCUT2D eigenvalue weighted by molar-refractivity contribution is -0.116. The second kappa shape index (κ2) is 8.10. The van der Waals surface area contributed by atoms with Crippen molar-refractivity contribution in [3.8, 4) is 22.9 Å². The summed E-state index contributed by atoms with van der Waals surface area (Å²) in [7, 11) is 3.24. The van der Waals surface area contributed by atoms with Crippen LogP contribution in [-0.2, 0) is 4.79 Å². The first-order valence-electron chi connectivity index (χ1n) is 9.86. The molecule has 7 heteroatoms. The number of imidazole rings is 1. The third kappa shape index (κ3) is 3.70. The zero-order valence-corrected chi connectivity index (χ0v) is 17.5.